The first-order chi connectivity index (χ1) is 13.8. The third-order valence-corrected chi connectivity index (χ3v) is 4.24. The SMILES string of the molecule is Cc1cc(/C=C/c2ccc(C(=O)Oc3ccc([N+](=O)[O-])cc3)nc2)cc(C)c1O. The number of non-ortho nitro benzene ring substituents is 1. The molecule has 0 aliphatic rings. The van der Waals surface area contributed by atoms with Crippen molar-refractivity contribution >= 4 is 23.8 Å². The van der Waals surface area contributed by atoms with E-state index in [1.54, 1.807) is 18.3 Å². The molecule has 0 amide bonds. The van der Waals surface area contributed by atoms with Gasteiger partial charge in [-0.3, -0.25) is 10.1 Å². The Balaban J connectivity index is 1.67. The fraction of sp³-hybridized carbons (Fsp3) is 0.0909. The Morgan fingerprint density at radius 2 is 1.66 bits per heavy atom. The number of hydrogen-bond donors (Lipinski definition) is 1. The van der Waals surface area contributed by atoms with Gasteiger partial charge in [0.25, 0.3) is 5.69 Å². The van der Waals surface area contributed by atoms with E-state index in [1.807, 2.05) is 38.1 Å². The molecule has 29 heavy (non-hydrogen) atoms. The number of esters is 1. The van der Waals surface area contributed by atoms with Gasteiger partial charge in [0.05, 0.1) is 4.92 Å². The lowest BCUT2D eigenvalue weighted by Crippen LogP contribution is -2.10. The Hall–Kier alpha value is -4.00. The fourth-order valence-electron chi connectivity index (χ4n) is 2.70. The van der Waals surface area contributed by atoms with Crippen LogP contribution in [0.1, 0.15) is 32.7 Å². The number of aryl methyl sites for hydroxylation is 2. The van der Waals surface area contributed by atoms with E-state index in [4.69, 9.17) is 4.74 Å². The number of hydrogen-bond acceptors (Lipinski definition) is 6. The molecule has 0 spiro atoms. The monoisotopic (exact) mass is 390 g/mol. The van der Waals surface area contributed by atoms with Crippen molar-refractivity contribution in [2.75, 3.05) is 0 Å². The van der Waals surface area contributed by atoms with Crippen LogP contribution in [-0.2, 0) is 0 Å². The van der Waals surface area contributed by atoms with Crippen LogP contribution >= 0.6 is 0 Å². The summed E-state index contributed by atoms with van der Waals surface area (Å²) in [5.74, 6) is -0.164. The molecule has 3 aromatic rings. The van der Waals surface area contributed by atoms with Crippen molar-refractivity contribution < 1.29 is 19.6 Å². The summed E-state index contributed by atoms with van der Waals surface area (Å²) in [7, 11) is 0. The molecular formula is C22H18N2O5. The third kappa shape index (κ3) is 4.84. The number of aromatic hydroxyl groups is 1. The molecule has 7 nitrogen and oxygen atoms in total. The summed E-state index contributed by atoms with van der Waals surface area (Å²) >= 11 is 0. The maximum Gasteiger partial charge on any atom is 0.362 e. The predicted molar refractivity (Wildman–Crippen MR) is 109 cm³/mol. The van der Waals surface area contributed by atoms with Gasteiger partial charge in [0.15, 0.2) is 0 Å². The number of ether oxygens (including phenoxy) is 1. The summed E-state index contributed by atoms with van der Waals surface area (Å²) in [6.07, 6.45) is 5.29. The summed E-state index contributed by atoms with van der Waals surface area (Å²) in [4.78, 5) is 26.4. The molecule has 0 saturated carbocycles. The van der Waals surface area contributed by atoms with E-state index in [2.05, 4.69) is 4.98 Å². The Morgan fingerprint density at radius 3 is 2.21 bits per heavy atom. The highest BCUT2D eigenvalue weighted by molar-refractivity contribution is 5.89. The van der Waals surface area contributed by atoms with Crippen molar-refractivity contribution in [3.05, 3.63) is 92.8 Å². The fourth-order valence-corrected chi connectivity index (χ4v) is 2.70. The lowest BCUT2D eigenvalue weighted by Gasteiger charge is -2.05. The largest absolute Gasteiger partial charge is 0.507 e. The summed E-state index contributed by atoms with van der Waals surface area (Å²) in [6.45, 7) is 3.68. The maximum atomic E-state index is 12.2. The van der Waals surface area contributed by atoms with Crippen LogP contribution in [0.5, 0.6) is 11.5 Å². The Morgan fingerprint density at radius 1 is 1.03 bits per heavy atom. The minimum Gasteiger partial charge on any atom is -0.507 e. The van der Waals surface area contributed by atoms with E-state index >= 15 is 0 Å². The summed E-state index contributed by atoms with van der Waals surface area (Å²) in [5.41, 5.74) is 3.37. The van der Waals surface area contributed by atoms with Crippen molar-refractivity contribution in [1.29, 1.82) is 0 Å². The molecule has 0 atom stereocenters. The standard InChI is InChI=1S/C22H18N2O5/c1-14-11-17(12-15(2)21(14)25)4-3-16-5-10-20(23-13-16)22(26)29-19-8-6-18(7-9-19)24(27)28/h3-13,25H,1-2H3/b4-3+. The molecule has 7 heteroatoms. The second-order valence-electron chi connectivity index (χ2n) is 6.45. The van der Waals surface area contributed by atoms with Gasteiger partial charge in [-0.2, -0.15) is 0 Å². The van der Waals surface area contributed by atoms with Gasteiger partial charge in [0.1, 0.15) is 17.2 Å². The van der Waals surface area contributed by atoms with Crippen LogP contribution in [0, 0.1) is 24.0 Å². The molecule has 0 bridgehead atoms. The van der Waals surface area contributed by atoms with Crippen LogP contribution in [0.25, 0.3) is 12.2 Å². The molecule has 3 rings (SSSR count). The van der Waals surface area contributed by atoms with Crippen LogP contribution in [0.15, 0.2) is 54.7 Å². The molecule has 1 N–H and O–H groups in total. The summed E-state index contributed by atoms with van der Waals surface area (Å²) < 4.78 is 5.18. The van der Waals surface area contributed by atoms with Gasteiger partial charge in [-0.05, 0) is 66.4 Å². The lowest BCUT2D eigenvalue weighted by molar-refractivity contribution is -0.384. The zero-order valence-electron chi connectivity index (χ0n) is 15.8. The number of phenolic OH excluding ortho intramolecular Hbond substituents is 1. The lowest BCUT2D eigenvalue weighted by atomic mass is 10.0. The van der Waals surface area contributed by atoms with Crippen LogP contribution in [0.4, 0.5) is 5.69 Å². The second kappa shape index (κ2) is 8.35. The second-order valence-corrected chi connectivity index (χ2v) is 6.45. The highest BCUT2D eigenvalue weighted by atomic mass is 16.6. The highest BCUT2D eigenvalue weighted by Crippen LogP contribution is 2.24. The average molecular weight is 390 g/mol. The minimum atomic E-state index is -0.654. The molecule has 0 unspecified atom stereocenters. The molecule has 2 aromatic carbocycles. The van der Waals surface area contributed by atoms with Crippen LogP contribution < -0.4 is 4.74 Å². The number of benzene rings is 2. The topological polar surface area (TPSA) is 103 Å². The molecule has 0 radical (unpaired) electrons. The van der Waals surface area contributed by atoms with Crippen LogP contribution in [-0.4, -0.2) is 21.0 Å². The van der Waals surface area contributed by atoms with E-state index in [0.29, 0.717) is 5.75 Å². The van der Waals surface area contributed by atoms with Gasteiger partial charge in [0, 0.05) is 18.3 Å². The number of pyridine rings is 1. The zero-order chi connectivity index (χ0) is 21.0. The van der Waals surface area contributed by atoms with E-state index < -0.39 is 10.9 Å². The Kier molecular flexibility index (Phi) is 5.69. The number of nitro benzene ring substituents is 1. The zero-order valence-corrected chi connectivity index (χ0v) is 15.8. The molecule has 0 fully saturated rings. The number of nitrogens with zero attached hydrogens (tertiary/aromatic N) is 2. The van der Waals surface area contributed by atoms with Crippen molar-refractivity contribution in [3.8, 4) is 11.5 Å². The Bertz CT molecular complexity index is 1060. The Labute approximate surface area is 167 Å². The minimum absolute atomic E-state index is 0.0851. The summed E-state index contributed by atoms with van der Waals surface area (Å²) in [6, 6.07) is 12.3. The molecule has 1 heterocycles. The average Bonchev–Trinajstić information content (AvgIpc) is 2.71. The number of phenols is 1. The van der Waals surface area contributed by atoms with Crippen molar-refractivity contribution in [2.45, 2.75) is 13.8 Å². The van der Waals surface area contributed by atoms with E-state index in [0.717, 1.165) is 22.3 Å². The van der Waals surface area contributed by atoms with E-state index in [1.165, 1.54) is 24.3 Å². The van der Waals surface area contributed by atoms with E-state index in [9.17, 15) is 20.0 Å². The molecule has 0 aliphatic heterocycles. The van der Waals surface area contributed by atoms with Gasteiger partial charge in [0.2, 0.25) is 0 Å². The van der Waals surface area contributed by atoms with Crippen molar-refractivity contribution in [1.82, 2.24) is 4.98 Å². The van der Waals surface area contributed by atoms with Gasteiger partial charge in [-0.15, -0.1) is 0 Å². The van der Waals surface area contributed by atoms with E-state index in [-0.39, 0.29) is 17.1 Å². The first-order valence-corrected chi connectivity index (χ1v) is 8.74. The predicted octanol–water partition coefficient (Wildman–Crippen LogP) is 4.70. The maximum absolute atomic E-state index is 12.2. The molecule has 0 saturated heterocycles. The molecule has 0 aliphatic carbocycles. The molecular weight excluding hydrogens is 372 g/mol. The first-order valence-electron chi connectivity index (χ1n) is 8.74. The summed E-state index contributed by atoms with van der Waals surface area (Å²) in [5, 5.41) is 20.5. The number of carbonyl (C=O) groups excluding carboxylic acids is 1. The van der Waals surface area contributed by atoms with Gasteiger partial charge in [-0.1, -0.05) is 18.2 Å². The quantitative estimate of drug-likeness (QED) is 0.293. The van der Waals surface area contributed by atoms with Crippen LogP contribution in [0.3, 0.4) is 0 Å². The molecule has 146 valence electrons. The third-order valence-electron chi connectivity index (χ3n) is 4.24. The van der Waals surface area contributed by atoms with Gasteiger partial charge < -0.3 is 9.84 Å². The number of nitro groups is 1. The van der Waals surface area contributed by atoms with Gasteiger partial charge >= 0.3 is 5.97 Å². The smallest absolute Gasteiger partial charge is 0.362 e. The van der Waals surface area contributed by atoms with Crippen LogP contribution in [0.2, 0.25) is 0 Å². The first kappa shape index (κ1) is 19.8. The number of aromatic nitrogens is 1. The number of rotatable bonds is 5. The normalized spacial score (nSPS) is 10.8. The molecule has 1 aromatic heterocycles. The van der Waals surface area contributed by atoms with Gasteiger partial charge in [-0.25, -0.2) is 9.78 Å². The number of carbonyl (C=O) groups is 1. The van der Waals surface area contributed by atoms with Crippen molar-refractivity contribution in [3.63, 3.8) is 0 Å². The highest BCUT2D eigenvalue weighted by Gasteiger charge is 2.11. The van der Waals surface area contributed by atoms with Crippen molar-refractivity contribution in [2.24, 2.45) is 0 Å².